The molecule has 1 aliphatic rings. The predicted molar refractivity (Wildman–Crippen MR) is 127 cm³/mol. The number of pyridine rings is 1. The van der Waals surface area contributed by atoms with Crippen LogP contribution in [0.25, 0.3) is 16.6 Å². The molecule has 1 fully saturated rings. The maximum atomic E-state index is 12.7. The average molecular weight is 456 g/mol. The van der Waals surface area contributed by atoms with Gasteiger partial charge in [-0.2, -0.15) is 15.5 Å². The molecule has 1 aromatic carbocycles. The second-order valence-corrected chi connectivity index (χ2v) is 8.41. The zero-order valence-electron chi connectivity index (χ0n) is 19.1. The van der Waals surface area contributed by atoms with Gasteiger partial charge in [0.05, 0.1) is 35.2 Å². The van der Waals surface area contributed by atoms with Crippen LogP contribution in [0.2, 0.25) is 0 Å². The molecule has 1 unspecified atom stereocenters. The number of hydrogen-bond acceptors (Lipinski definition) is 6. The SMILES string of the molecule is CC(OC(=O)N1CCN(c2cnn3cc(-c4cnn(C)c4)ccc23)CC1)c1ccc(C#N)cc1. The monoisotopic (exact) mass is 455 g/mol. The third-order valence-electron chi connectivity index (χ3n) is 6.20. The number of nitrogens with zero attached hydrogens (tertiary/aromatic N) is 7. The zero-order valence-corrected chi connectivity index (χ0v) is 19.1. The molecule has 1 saturated heterocycles. The van der Waals surface area contributed by atoms with Crippen molar-refractivity contribution in [2.75, 3.05) is 31.1 Å². The Bertz CT molecular complexity index is 1360. The number of ether oxygens (including phenoxy) is 1. The van der Waals surface area contributed by atoms with Crippen LogP contribution < -0.4 is 4.90 Å². The Labute approximate surface area is 197 Å². The topological polar surface area (TPSA) is 91.7 Å². The molecule has 0 N–H and O–H groups in total. The first kappa shape index (κ1) is 21.5. The second kappa shape index (κ2) is 8.90. The summed E-state index contributed by atoms with van der Waals surface area (Å²) in [5.41, 5.74) is 5.63. The summed E-state index contributed by atoms with van der Waals surface area (Å²) in [6.07, 6.45) is 7.00. The summed E-state index contributed by atoms with van der Waals surface area (Å²) >= 11 is 0. The number of aromatic nitrogens is 4. The van der Waals surface area contributed by atoms with Crippen LogP contribution in [-0.4, -0.2) is 56.6 Å². The van der Waals surface area contributed by atoms with Crippen molar-refractivity contribution < 1.29 is 9.53 Å². The van der Waals surface area contributed by atoms with Crippen molar-refractivity contribution in [3.8, 4) is 17.2 Å². The number of piperazine rings is 1. The van der Waals surface area contributed by atoms with Crippen molar-refractivity contribution in [1.82, 2.24) is 24.3 Å². The lowest BCUT2D eigenvalue weighted by Crippen LogP contribution is -2.49. The maximum Gasteiger partial charge on any atom is 0.410 e. The van der Waals surface area contributed by atoms with Crippen LogP contribution in [0.15, 0.2) is 61.2 Å². The van der Waals surface area contributed by atoms with Gasteiger partial charge >= 0.3 is 6.09 Å². The van der Waals surface area contributed by atoms with Crippen molar-refractivity contribution in [3.05, 3.63) is 72.3 Å². The molecule has 34 heavy (non-hydrogen) atoms. The van der Waals surface area contributed by atoms with Gasteiger partial charge in [0, 0.05) is 56.7 Å². The Morgan fingerprint density at radius 2 is 1.76 bits per heavy atom. The van der Waals surface area contributed by atoms with Crippen molar-refractivity contribution in [2.24, 2.45) is 7.05 Å². The van der Waals surface area contributed by atoms with Crippen LogP contribution in [0.5, 0.6) is 0 Å². The summed E-state index contributed by atoms with van der Waals surface area (Å²) in [6.45, 7) is 4.39. The van der Waals surface area contributed by atoms with Crippen molar-refractivity contribution in [2.45, 2.75) is 13.0 Å². The number of benzene rings is 1. The van der Waals surface area contributed by atoms with E-state index in [-0.39, 0.29) is 12.2 Å². The molecule has 4 heterocycles. The largest absolute Gasteiger partial charge is 0.442 e. The van der Waals surface area contributed by atoms with E-state index in [1.54, 1.807) is 21.7 Å². The number of carbonyl (C=O) groups is 1. The van der Waals surface area contributed by atoms with Crippen LogP contribution >= 0.6 is 0 Å². The molecule has 172 valence electrons. The molecule has 0 aliphatic carbocycles. The zero-order chi connectivity index (χ0) is 23.7. The first-order valence-corrected chi connectivity index (χ1v) is 11.2. The van der Waals surface area contributed by atoms with E-state index in [1.165, 1.54) is 0 Å². The third kappa shape index (κ3) is 4.18. The van der Waals surface area contributed by atoms with Gasteiger partial charge < -0.3 is 14.5 Å². The highest BCUT2D eigenvalue weighted by Crippen LogP contribution is 2.27. The molecular weight excluding hydrogens is 430 g/mol. The van der Waals surface area contributed by atoms with Crippen LogP contribution in [-0.2, 0) is 11.8 Å². The molecule has 1 amide bonds. The van der Waals surface area contributed by atoms with E-state index in [0.29, 0.717) is 31.7 Å². The highest BCUT2D eigenvalue weighted by molar-refractivity contribution is 5.76. The van der Waals surface area contributed by atoms with Gasteiger partial charge in [-0.25, -0.2) is 9.31 Å². The van der Waals surface area contributed by atoms with Gasteiger partial charge in [-0.1, -0.05) is 18.2 Å². The Morgan fingerprint density at radius 3 is 2.44 bits per heavy atom. The molecule has 5 rings (SSSR count). The number of carbonyl (C=O) groups excluding carboxylic acids is 1. The smallest absolute Gasteiger partial charge is 0.410 e. The molecule has 0 saturated carbocycles. The summed E-state index contributed by atoms with van der Waals surface area (Å²) in [5.74, 6) is 0. The number of fused-ring (bicyclic) bond motifs is 1. The molecule has 9 heteroatoms. The molecular formula is C25H25N7O2. The number of aryl methyl sites for hydroxylation is 1. The number of nitriles is 1. The number of hydrogen-bond donors (Lipinski definition) is 0. The molecule has 9 nitrogen and oxygen atoms in total. The van der Waals surface area contributed by atoms with Crippen molar-refractivity contribution in [3.63, 3.8) is 0 Å². The van der Waals surface area contributed by atoms with Gasteiger partial charge in [0.15, 0.2) is 0 Å². The van der Waals surface area contributed by atoms with Gasteiger partial charge in [-0.15, -0.1) is 0 Å². The van der Waals surface area contributed by atoms with Crippen LogP contribution in [0.1, 0.15) is 24.2 Å². The fourth-order valence-electron chi connectivity index (χ4n) is 4.21. The summed E-state index contributed by atoms with van der Waals surface area (Å²) in [7, 11) is 1.90. The highest BCUT2D eigenvalue weighted by Gasteiger charge is 2.25. The Morgan fingerprint density at radius 1 is 1.00 bits per heavy atom. The number of anilines is 1. The summed E-state index contributed by atoms with van der Waals surface area (Å²) < 4.78 is 9.33. The van der Waals surface area contributed by atoms with Crippen LogP contribution in [0.4, 0.5) is 10.5 Å². The molecule has 0 bridgehead atoms. The van der Waals surface area contributed by atoms with E-state index in [9.17, 15) is 4.79 Å². The number of rotatable bonds is 4. The lowest BCUT2D eigenvalue weighted by Gasteiger charge is -2.35. The van der Waals surface area contributed by atoms with Gasteiger partial charge in [-0.05, 0) is 30.7 Å². The quantitative estimate of drug-likeness (QED) is 0.467. The second-order valence-electron chi connectivity index (χ2n) is 8.41. The Kier molecular flexibility index (Phi) is 5.64. The fraction of sp³-hybridized carbons (Fsp3) is 0.280. The van der Waals surface area contributed by atoms with E-state index in [1.807, 2.05) is 55.4 Å². The summed E-state index contributed by atoms with van der Waals surface area (Å²) in [6, 6.07) is 13.3. The van der Waals surface area contributed by atoms with E-state index < -0.39 is 0 Å². The van der Waals surface area contributed by atoms with Crippen molar-refractivity contribution >= 4 is 17.3 Å². The predicted octanol–water partition coefficient (Wildman–Crippen LogP) is 3.63. The normalized spacial score (nSPS) is 14.7. The lowest BCUT2D eigenvalue weighted by atomic mass is 10.1. The molecule has 1 atom stereocenters. The van der Waals surface area contributed by atoms with Crippen LogP contribution in [0, 0.1) is 11.3 Å². The van der Waals surface area contributed by atoms with Crippen molar-refractivity contribution in [1.29, 1.82) is 5.26 Å². The molecule has 4 aromatic rings. The summed E-state index contributed by atoms with van der Waals surface area (Å²) in [5, 5.41) is 17.7. The first-order chi connectivity index (χ1) is 16.5. The lowest BCUT2D eigenvalue weighted by molar-refractivity contribution is 0.0681. The van der Waals surface area contributed by atoms with E-state index >= 15 is 0 Å². The number of amides is 1. The Hall–Kier alpha value is -4.32. The minimum absolute atomic E-state index is 0.322. The maximum absolute atomic E-state index is 12.7. The van der Waals surface area contributed by atoms with Gasteiger partial charge in [0.1, 0.15) is 6.10 Å². The van der Waals surface area contributed by atoms with Gasteiger partial charge in [0.2, 0.25) is 0 Å². The molecule has 0 spiro atoms. The summed E-state index contributed by atoms with van der Waals surface area (Å²) in [4.78, 5) is 16.7. The van der Waals surface area contributed by atoms with Gasteiger partial charge in [0.25, 0.3) is 0 Å². The minimum atomic E-state index is -0.382. The first-order valence-electron chi connectivity index (χ1n) is 11.2. The molecule has 1 aliphatic heterocycles. The minimum Gasteiger partial charge on any atom is -0.442 e. The van der Waals surface area contributed by atoms with Gasteiger partial charge in [-0.3, -0.25) is 4.68 Å². The molecule has 0 radical (unpaired) electrons. The van der Waals surface area contributed by atoms with E-state index in [2.05, 4.69) is 33.3 Å². The van der Waals surface area contributed by atoms with E-state index in [4.69, 9.17) is 10.00 Å². The molecule has 3 aromatic heterocycles. The fourth-order valence-corrected chi connectivity index (χ4v) is 4.21. The standard InChI is InChI=1S/C25H25N7O2/c1-18(20-5-3-19(13-26)4-6-20)34-25(33)31-11-9-30(10-12-31)24-15-28-32-17-21(7-8-23(24)32)22-14-27-29(2)16-22/h3-8,14-18H,9-12H2,1-2H3. The Balaban J connectivity index is 1.21. The third-order valence-corrected chi connectivity index (χ3v) is 6.20. The highest BCUT2D eigenvalue weighted by atomic mass is 16.6. The van der Waals surface area contributed by atoms with Crippen LogP contribution in [0.3, 0.4) is 0 Å². The average Bonchev–Trinajstić information content (AvgIpc) is 3.50. The van der Waals surface area contributed by atoms with E-state index in [0.717, 1.165) is 27.9 Å².